The van der Waals surface area contributed by atoms with E-state index < -0.39 is 0 Å². The number of hydrogen-bond acceptors (Lipinski definition) is 3. The number of carbonyl (C=O) groups is 1. The van der Waals surface area contributed by atoms with Gasteiger partial charge in [-0.1, -0.05) is 13.8 Å². The summed E-state index contributed by atoms with van der Waals surface area (Å²) in [7, 11) is 1.66. The summed E-state index contributed by atoms with van der Waals surface area (Å²) < 4.78 is 0. The number of hydrogen-bond donors (Lipinski definition) is 4. The van der Waals surface area contributed by atoms with E-state index in [2.05, 4.69) is 26.4 Å². The molecule has 0 aromatic carbocycles. The maximum atomic E-state index is 11.6. The first-order valence-electron chi connectivity index (χ1n) is 4.88. The van der Waals surface area contributed by atoms with Gasteiger partial charge in [-0.25, -0.2) is 0 Å². The number of thiocarbonyl (C=S) groups is 1. The molecule has 0 aliphatic rings. The van der Waals surface area contributed by atoms with Crippen molar-refractivity contribution < 1.29 is 4.79 Å². The van der Waals surface area contributed by atoms with E-state index in [1.807, 2.05) is 13.8 Å². The monoisotopic (exact) mass is 241 g/mol. The first-order chi connectivity index (χ1) is 7.54. The van der Waals surface area contributed by atoms with E-state index >= 15 is 0 Å². The number of nitrogens with one attached hydrogen (secondary N) is 4. The van der Waals surface area contributed by atoms with Gasteiger partial charge >= 0.3 is 0 Å². The molecule has 0 atom stereocenters. The summed E-state index contributed by atoms with van der Waals surface area (Å²) in [6.45, 7) is 4.03. The highest BCUT2D eigenvalue weighted by Crippen LogP contribution is 2.11. The summed E-state index contributed by atoms with van der Waals surface area (Å²) >= 11 is 4.81. The van der Waals surface area contributed by atoms with Crippen molar-refractivity contribution in [2.45, 2.75) is 19.8 Å². The molecule has 0 aliphatic heterocycles. The van der Waals surface area contributed by atoms with E-state index in [1.165, 1.54) is 0 Å². The number of amides is 1. The van der Waals surface area contributed by atoms with Gasteiger partial charge in [0.1, 0.15) is 0 Å². The number of aromatic amines is 1. The lowest BCUT2D eigenvalue weighted by molar-refractivity contribution is 0.0938. The van der Waals surface area contributed by atoms with Crippen LogP contribution in [0.5, 0.6) is 0 Å². The summed E-state index contributed by atoms with van der Waals surface area (Å²) in [5.74, 6) is -0.0267. The van der Waals surface area contributed by atoms with Gasteiger partial charge in [0.15, 0.2) is 10.8 Å². The molecule has 0 radical (unpaired) electrons. The summed E-state index contributed by atoms with van der Waals surface area (Å²) in [5.41, 5.74) is 6.21. The Bertz CT molecular complexity index is 387. The zero-order valence-corrected chi connectivity index (χ0v) is 10.2. The van der Waals surface area contributed by atoms with Gasteiger partial charge in [-0.3, -0.25) is 20.7 Å². The average Bonchev–Trinajstić information content (AvgIpc) is 2.74. The number of nitrogens with zero attached hydrogens (tertiary/aromatic N) is 1. The molecule has 0 saturated heterocycles. The Morgan fingerprint density at radius 1 is 1.50 bits per heavy atom. The molecule has 1 heterocycles. The Balaban J connectivity index is 2.56. The second-order valence-electron chi connectivity index (χ2n) is 3.52. The molecule has 0 fully saturated rings. The first-order valence-corrected chi connectivity index (χ1v) is 5.28. The molecule has 0 aliphatic carbocycles. The van der Waals surface area contributed by atoms with E-state index in [4.69, 9.17) is 12.2 Å². The number of carbonyl (C=O) groups excluding carboxylic acids is 1. The second kappa shape index (κ2) is 5.45. The fraction of sp³-hybridized carbons (Fsp3) is 0.444. The standard InChI is InChI=1S/C9H15N5OS/c1-5(2)6-4-7(12-11-6)8(15)13-14-9(16)10-3/h4-5H,1-3H3,(H,11,12)(H,13,15)(H2,10,14,16). The fourth-order valence-corrected chi connectivity index (χ4v) is 1.04. The van der Waals surface area contributed by atoms with Crippen LogP contribution in [0.15, 0.2) is 6.07 Å². The Kier molecular flexibility index (Phi) is 4.24. The summed E-state index contributed by atoms with van der Waals surface area (Å²) in [6.07, 6.45) is 0. The Morgan fingerprint density at radius 2 is 2.19 bits per heavy atom. The summed E-state index contributed by atoms with van der Waals surface area (Å²) in [4.78, 5) is 11.6. The van der Waals surface area contributed by atoms with Crippen molar-refractivity contribution >= 4 is 23.2 Å². The van der Waals surface area contributed by atoms with Crippen LogP contribution in [0.4, 0.5) is 0 Å². The van der Waals surface area contributed by atoms with Gasteiger partial charge in [0, 0.05) is 12.7 Å². The van der Waals surface area contributed by atoms with Crippen LogP contribution >= 0.6 is 12.2 Å². The van der Waals surface area contributed by atoms with Crippen LogP contribution in [0.25, 0.3) is 0 Å². The number of hydrazine groups is 1. The topological polar surface area (TPSA) is 81.8 Å². The van der Waals surface area contributed by atoms with Crippen molar-refractivity contribution in [3.63, 3.8) is 0 Å². The van der Waals surface area contributed by atoms with Gasteiger partial charge in [0.2, 0.25) is 0 Å². The van der Waals surface area contributed by atoms with Crippen LogP contribution in [-0.4, -0.2) is 28.3 Å². The van der Waals surface area contributed by atoms with Crippen LogP contribution in [0.1, 0.15) is 35.9 Å². The minimum atomic E-state index is -0.333. The molecule has 0 bridgehead atoms. The molecular formula is C9H15N5OS. The summed E-state index contributed by atoms with van der Waals surface area (Å²) in [5, 5.41) is 9.71. The average molecular weight is 241 g/mol. The SMILES string of the molecule is CNC(=S)NNC(=O)c1cc(C(C)C)[nH]n1. The smallest absolute Gasteiger partial charge is 0.290 e. The number of H-pyrrole nitrogens is 1. The van der Waals surface area contributed by atoms with E-state index in [-0.39, 0.29) is 5.91 Å². The third-order valence-corrected chi connectivity index (χ3v) is 2.28. The molecule has 1 aromatic heterocycles. The molecule has 7 heteroatoms. The van der Waals surface area contributed by atoms with Crippen LogP contribution < -0.4 is 16.2 Å². The number of rotatable bonds is 2. The molecule has 16 heavy (non-hydrogen) atoms. The highest BCUT2D eigenvalue weighted by molar-refractivity contribution is 7.80. The number of aromatic nitrogens is 2. The highest BCUT2D eigenvalue weighted by atomic mass is 32.1. The van der Waals surface area contributed by atoms with Gasteiger partial charge in [-0.2, -0.15) is 5.10 Å². The van der Waals surface area contributed by atoms with Gasteiger partial charge in [-0.05, 0) is 24.2 Å². The maximum absolute atomic E-state index is 11.6. The van der Waals surface area contributed by atoms with Crippen molar-refractivity contribution in [3.8, 4) is 0 Å². The lowest BCUT2D eigenvalue weighted by Crippen LogP contribution is -2.45. The van der Waals surface area contributed by atoms with Gasteiger partial charge in [-0.15, -0.1) is 0 Å². The molecule has 4 N–H and O–H groups in total. The first kappa shape index (κ1) is 12.4. The molecule has 0 saturated carbocycles. The molecule has 88 valence electrons. The molecule has 1 amide bonds. The molecule has 6 nitrogen and oxygen atoms in total. The Hall–Kier alpha value is -1.63. The van der Waals surface area contributed by atoms with Crippen molar-refractivity contribution in [1.82, 2.24) is 26.4 Å². The lowest BCUT2D eigenvalue weighted by Gasteiger charge is -2.06. The van der Waals surface area contributed by atoms with Crippen molar-refractivity contribution in [2.24, 2.45) is 0 Å². The van der Waals surface area contributed by atoms with Gasteiger partial charge in [0.05, 0.1) is 0 Å². The zero-order chi connectivity index (χ0) is 12.1. The quantitative estimate of drug-likeness (QED) is 0.441. The second-order valence-corrected chi connectivity index (χ2v) is 3.93. The van der Waals surface area contributed by atoms with Crippen molar-refractivity contribution in [2.75, 3.05) is 7.05 Å². The normalized spacial score (nSPS) is 10.0. The Labute approximate surface area is 99.2 Å². The van der Waals surface area contributed by atoms with Crippen LogP contribution in [0, 0.1) is 0 Å². The van der Waals surface area contributed by atoms with E-state index in [0.29, 0.717) is 16.7 Å². The fourth-order valence-electron chi connectivity index (χ4n) is 0.989. The highest BCUT2D eigenvalue weighted by Gasteiger charge is 2.11. The Morgan fingerprint density at radius 3 is 2.69 bits per heavy atom. The minimum absolute atomic E-state index is 0.306. The molecule has 0 spiro atoms. The molecule has 0 unspecified atom stereocenters. The van der Waals surface area contributed by atoms with E-state index in [9.17, 15) is 4.79 Å². The van der Waals surface area contributed by atoms with Crippen molar-refractivity contribution in [3.05, 3.63) is 17.5 Å². The predicted octanol–water partition coefficient (Wildman–Crippen LogP) is 0.272. The van der Waals surface area contributed by atoms with Gasteiger partial charge in [0.25, 0.3) is 5.91 Å². The van der Waals surface area contributed by atoms with Crippen LogP contribution in [0.2, 0.25) is 0 Å². The summed E-state index contributed by atoms with van der Waals surface area (Å²) in [6, 6.07) is 1.71. The third kappa shape index (κ3) is 3.20. The largest absolute Gasteiger partial charge is 0.364 e. The van der Waals surface area contributed by atoms with Crippen molar-refractivity contribution in [1.29, 1.82) is 0 Å². The van der Waals surface area contributed by atoms with Crippen LogP contribution in [-0.2, 0) is 0 Å². The predicted molar refractivity (Wildman–Crippen MR) is 64.9 cm³/mol. The molecular weight excluding hydrogens is 226 g/mol. The van der Waals surface area contributed by atoms with Gasteiger partial charge < -0.3 is 5.32 Å². The van der Waals surface area contributed by atoms with E-state index in [1.54, 1.807) is 13.1 Å². The maximum Gasteiger partial charge on any atom is 0.290 e. The molecule has 1 aromatic rings. The minimum Gasteiger partial charge on any atom is -0.364 e. The molecule has 1 rings (SSSR count). The zero-order valence-electron chi connectivity index (χ0n) is 9.42. The van der Waals surface area contributed by atoms with Crippen LogP contribution in [0.3, 0.4) is 0 Å². The lowest BCUT2D eigenvalue weighted by atomic mass is 10.1. The van der Waals surface area contributed by atoms with E-state index in [0.717, 1.165) is 5.69 Å². The third-order valence-electron chi connectivity index (χ3n) is 1.97.